The van der Waals surface area contributed by atoms with E-state index in [9.17, 15) is 14.4 Å². The number of nitrogens with one attached hydrogen (secondary N) is 2. The molecule has 0 saturated carbocycles. The van der Waals surface area contributed by atoms with E-state index in [-0.39, 0.29) is 27.8 Å². The lowest BCUT2D eigenvalue weighted by Crippen LogP contribution is -2.29. The minimum absolute atomic E-state index is 0.00586. The van der Waals surface area contributed by atoms with E-state index in [2.05, 4.69) is 27.4 Å². The van der Waals surface area contributed by atoms with E-state index in [1.165, 1.54) is 13.2 Å². The monoisotopic (exact) mass is 547 g/mol. The van der Waals surface area contributed by atoms with Crippen LogP contribution in [0.3, 0.4) is 0 Å². The molecule has 1 atom stereocenters. The van der Waals surface area contributed by atoms with Crippen LogP contribution in [0.25, 0.3) is 0 Å². The zero-order valence-corrected chi connectivity index (χ0v) is 21.8. The molecule has 188 valence electrons. The normalized spacial score (nSPS) is 11.4. The number of benzene rings is 2. The standard InChI is InChI=1S/C24H23Cl2N5O4S/c1-4-11-31-21(14(2)27-22(33)16-10-9-15(25)12-18(16)26)29-30-24(31)36-13-20(32)28-19-8-6-5-7-17(19)23(34)35-3/h4-10,12,14H,1,11,13H2,2-3H3,(H,27,33)(H,28,32)/t14-/m1/s1. The van der Waals surface area contributed by atoms with Gasteiger partial charge in [-0.25, -0.2) is 4.79 Å². The molecule has 12 heteroatoms. The molecule has 2 N–H and O–H groups in total. The second kappa shape index (κ2) is 12.6. The summed E-state index contributed by atoms with van der Waals surface area (Å²) in [7, 11) is 1.27. The molecule has 1 heterocycles. The number of hydrogen-bond acceptors (Lipinski definition) is 7. The van der Waals surface area contributed by atoms with Gasteiger partial charge in [0.25, 0.3) is 5.91 Å². The smallest absolute Gasteiger partial charge is 0.339 e. The molecule has 2 aromatic carbocycles. The minimum atomic E-state index is -0.551. The van der Waals surface area contributed by atoms with E-state index in [1.807, 2.05) is 0 Å². The average molecular weight is 548 g/mol. The van der Waals surface area contributed by atoms with Gasteiger partial charge in [-0.05, 0) is 37.3 Å². The number of nitrogens with zero attached hydrogens (tertiary/aromatic N) is 3. The third-order valence-electron chi connectivity index (χ3n) is 4.91. The van der Waals surface area contributed by atoms with Crippen molar-refractivity contribution in [2.75, 3.05) is 18.2 Å². The molecule has 0 unspecified atom stereocenters. The van der Waals surface area contributed by atoms with Gasteiger partial charge in [-0.1, -0.05) is 53.2 Å². The van der Waals surface area contributed by atoms with Crippen LogP contribution in [0, 0.1) is 0 Å². The number of thioether (sulfide) groups is 1. The molecule has 0 spiro atoms. The number of allylic oxidation sites excluding steroid dienone is 1. The van der Waals surface area contributed by atoms with Crippen LogP contribution in [0.4, 0.5) is 5.69 Å². The van der Waals surface area contributed by atoms with Gasteiger partial charge >= 0.3 is 5.97 Å². The third-order valence-corrected chi connectivity index (χ3v) is 6.42. The van der Waals surface area contributed by atoms with E-state index in [0.717, 1.165) is 11.8 Å². The van der Waals surface area contributed by atoms with Gasteiger partial charge in [0.05, 0.1) is 40.7 Å². The highest BCUT2D eigenvalue weighted by molar-refractivity contribution is 7.99. The average Bonchev–Trinajstić information content (AvgIpc) is 3.25. The van der Waals surface area contributed by atoms with Crippen LogP contribution in [0.2, 0.25) is 10.0 Å². The van der Waals surface area contributed by atoms with Crippen LogP contribution >= 0.6 is 35.0 Å². The Bertz CT molecular complexity index is 1300. The maximum absolute atomic E-state index is 12.7. The Hall–Kier alpha value is -3.34. The summed E-state index contributed by atoms with van der Waals surface area (Å²) >= 11 is 13.2. The van der Waals surface area contributed by atoms with Crippen molar-refractivity contribution in [3.8, 4) is 0 Å². The molecule has 0 aliphatic rings. The van der Waals surface area contributed by atoms with Gasteiger partial charge in [0.1, 0.15) is 0 Å². The number of carbonyl (C=O) groups excluding carboxylic acids is 3. The third kappa shape index (κ3) is 6.66. The molecule has 36 heavy (non-hydrogen) atoms. The van der Waals surface area contributed by atoms with Crippen LogP contribution in [0.5, 0.6) is 0 Å². The number of anilines is 1. The number of amides is 2. The number of para-hydroxylation sites is 1. The van der Waals surface area contributed by atoms with Crippen molar-refractivity contribution in [2.45, 2.75) is 24.7 Å². The van der Waals surface area contributed by atoms with E-state index < -0.39 is 17.9 Å². The van der Waals surface area contributed by atoms with Crippen LogP contribution < -0.4 is 10.6 Å². The molecule has 0 aliphatic carbocycles. The first-order valence-corrected chi connectivity index (χ1v) is 12.4. The SMILES string of the molecule is C=CCn1c(SCC(=O)Nc2ccccc2C(=O)OC)nnc1[C@@H](C)NC(=O)c1ccc(Cl)cc1Cl. The second-order valence-electron chi connectivity index (χ2n) is 7.43. The van der Waals surface area contributed by atoms with E-state index >= 15 is 0 Å². The number of ether oxygens (including phenoxy) is 1. The Morgan fingerprint density at radius 1 is 1.17 bits per heavy atom. The highest BCUT2D eigenvalue weighted by Crippen LogP contribution is 2.24. The van der Waals surface area contributed by atoms with Gasteiger partial charge < -0.3 is 19.9 Å². The molecular formula is C24H23Cl2N5O4S. The maximum atomic E-state index is 12.7. The first-order valence-electron chi connectivity index (χ1n) is 10.6. The predicted molar refractivity (Wildman–Crippen MR) is 140 cm³/mol. The van der Waals surface area contributed by atoms with Crippen molar-refractivity contribution in [2.24, 2.45) is 0 Å². The quantitative estimate of drug-likeness (QED) is 0.213. The zero-order chi connectivity index (χ0) is 26.2. The first kappa shape index (κ1) is 27.3. The topological polar surface area (TPSA) is 115 Å². The van der Waals surface area contributed by atoms with Gasteiger partial charge in [0, 0.05) is 11.6 Å². The molecule has 0 radical (unpaired) electrons. The Kier molecular flexibility index (Phi) is 9.51. The fraction of sp³-hybridized carbons (Fsp3) is 0.208. The number of aromatic nitrogens is 3. The molecule has 3 rings (SSSR count). The number of halogens is 2. The highest BCUT2D eigenvalue weighted by Gasteiger charge is 2.22. The number of methoxy groups -OCH3 is 1. The summed E-state index contributed by atoms with van der Waals surface area (Å²) in [6.45, 7) is 5.89. The molecule has 0 bridgehead atoms. The van der Waals surface area contributed by atoms with Crippen molar-refractivity contribution >= 4 is 58.4 Å². The Balaban J connectivity index is 1.70. The summed E-state index contributed by atoms with van der Waals surface area (Å²) < 4.78 is 6.51. The molecule has 2 amide bonds. The number of rotatable bonds is 10. The summed E-state index contributed by atoms with van der Waals surface area (Å²) in [5.74, 6) is -0.802. The lowest BCUT2D eigenvalue weighted by Gasteiger charge is -2.16. The van der Waals surface area contributed by atoms with Crippen LogP contribution in [0.15, 0.2) is 60.3 Å². The van der Waals surface area contributed by atoms with Crippen molar-refractivity contribution in [1.29, 1.82) is 0 Å². The van der Waals surface area contributed by atoms with Crippen LogP contribution in [-0.4, -0.2) is 45.4 Å². The maximum Gasteiger partial charge on any atom is 0.339 e. The van der Waals surface area contributed by atoms with Crippen molar-refractivity contribution < 1.29 is 19.1 Å². The van der Waals surface area contributed by atoms with Gasteiger partial charge in [0.15, 0.2) is 11.0 Å². The van der Waals surface area contributed by atoms with Gasteiger partial charge in [-0.2, -0.15) is 0 Å². The number of hydrogen-bond donors (Lipinski definition) is 2. The fourth-order valence-electron chi connectivity index (χ4n) is 3.24. The van der Waals surface area contributed by atoms with Gasteiger partial charge in [-0.3, -0.25) is 9.59 Å². The van der Waals surface area contributed by atoms with E-state index in [1.54, 1.807) is 54.0 Å². The van der Waals surface area contributed by atoms with E-state index in [4.69, 9.17) is 27.9 Å². The Labute approximate surface area is 222 Å². The summed E-state index contributed by atoms with van der Waals surface area (Å²) in [5, 5.41) is 15.1. The molecule has 0 saturated heterocycles. The highest BCUT2D eigenvalue weighted by atomic mass is 35.5. The molecule has 0 fully saturated rings. The minimum Gasteiger partial charge on any atom is -0.465 e. The van der Waals surface area contributed by atoms with Crippen LogP contribution in [-0.2, 0) is 16.1 Å². The number of esters is 1. The fourth-order valence-corrected chi connectivity index (χ4v) is 4.49. The largest absolute Gasteiger partial charge is 0.465 e. The molecule has 9 nitrogen and oxygen atoms in total. The summed E-state index contributed by atoms with van der Waals surface area (Å²) in [6, 6.07) is 10.7. The Morgan fingerprint density at radius 2 is 1.92 bits per heavy atom. The lowest BCUT2D eigenvalue weighted by atomic mass is 10.2. The molecule has 0 aliphatic heterocycles. The van der Waals surface area contributed by atoms with Crippen molar-refractivity contribution in [1.82, 2.24) is 20.1 Å². The first-order chi connectivity index (χ1) is 17.2. The summed E-state index contributed by atoms with van der Waals surface area (Å²) in [6.07, 6.45) is 1.66. The molecular weight excluding hydrogens is 525 g/mol. The number of carbonyl (C=O) groups is 3. The Morgan fingerprint density at radius 3 is 2.61 bits per heavy atom. The lowest BCUT2D eigenvalue weighted by molar-refractivity contribution is -0.113. The van der Waals surface area contributed by atoms with Crippen LogP contribution in [0.1, 0.15) is 39.5 Å². The summed E-state index contributed by atoms with van der Waals surface area (Å²) in [4.78, 5) is 37.2. The zero-order valence-electron chi connectivity index (χ0n) is 19.5. The molecule has 1 aromatic heterocycles. The predicted octanol–water partition coefficient (Wildman–Crippen LogP) is 4.78. The van der Waals surface area contributed by atoms with Gasteiger partial charge in [0.2, 0.25) is 5.91 Å². The van der Waals surface area contributed by atoms with Gasteiger partial charge in [-0.15, -0.1) is 16.8 Å². The molecule has 3 aromatic rings. The van der Waals surface area contributed by atoms with Crippen molar-refractivity contribution in [3.63, 3.8) is 0 Å². The summed E-state index contributed by atoms with van der Waals surface area (Å²) in [5.41, 5.74) is 0.877. The van der Waals surface area contributed by atoms with E-state index in [0.29, 0.717) is 28.2 Å². The second-order valence-corrected chi connectivity index (χ2v) is 9.22. The van der Waals surface area contributed by atoms with Crippen molar-refractivity contribution in [3.05, 3.63) is 82.1 Å².